The Kier molecular flexibility index (Phi) is 5.16. The number of fused-ring (bicyclic) bond motifs is 1. The number of carbonyl (C=O) groups is 1. The third-order valence-electron chi connectivity index (χ3n) is 6.10. The first-order chi connectivity index (χ1) is 15.2. The largest absolute Gasteiger partial charge is 0.496 e. The van der Waals surface area contributed by atoms with Crippen molar-refractivity contribution in [1.29, 1.82) is 0 Å². The van der Waals surface area contributed by atoms with E-state index in [9.17, 15) is 4.79 Å². The molecule has 0 spiro atoms. The van der Waals surface area contributed by atoms with Crippen molar-refractivity contribution < 1.29 is 9.53 Å². The van der Waals surface area contributed by atoms with Gasteiger partial charge in [-0.1, -0.05) is 60.1 Å². The highest BCUT2D eigenvalue weighted by Gasteiger charge is 2.37. The van der Waals surface area contributed by atoms with Crippen LogP contribution in [0.5, 0.6) is 5.75 Å². The van der Waals surface area contributed by atoms with Crippen LogP contribution in [0.2, 0.25) is 5.02 Å². The van der Waals surface area contributed by atoms with Gasteiger partial charge in [-0.25, -0.2) is 0 Å². The number of methoxy groups -OCH3 is 1. The van der Waals surface area contributed by atoms with Crippen LogP contribution >= 0.6 is 11.6 Å². The highest BCUT2D eigenvalue weighted by molar-refractivity contribution is 6.31. The molecular formula is C26H23ClN2O2. The Bertz CT molecular complexity index is 1190. The van der Waals surface area contributed by atoms with Gasteiger partial charge in [-0.2, -0.15) is 0 Å². The Hall–Kier alpha value is -3.24. The summed E-state index contributed by atoms with van der Waals surface area (Å²) in [5.41, 5.74) is 5.58. The Labute approximate surface area is 186 Å². The first kappa shape index (κ1) is 19.7. The van der Waals surface area contributed by atoms with Crippen LogP contribution < -0.4 is 15.4 Å². The molecule has 0 saturated heterocycles. The summed E-state index contributed by atoms with van der Waals surface area (Å²) in [5.74, 6) is 0.915. The van der Waals surface area contributed by atoms with E-state index in [0.29, 0.717) is 17.9 Å². The van der Waals surface area contributed by atoms with E-state index in [0.717, 1.165) is 39.5 Å². The van der Waals surface area contributed by atoms with Crippen molar-refractivity contribution >= 4 is 28.8 Å². The van der Waals surface area contributed by atoms with Gasteiger partial charge >= 0.3 is 0 Å². The van der Waals surface area contributed by atoms with Crippen molar-refractivity contribution in [2.45, 2.75) is 24.8 Å². The molecule has 0 bridgehead atoms. The summed E-state index contributed by atoms with van der Waals surface area (Å²) < 4.78 is 5.64. The first-order valence-corrected chi connectivity index (χ1v) is 10.8. The number of hydrogen-bond acceptors (Lipinski definition) is 4. The Morgan fingerprint density at radius 1 is 0.871 bits per heavy atom. The number of halogens is 1. The fourth-order valence-electron chi connectivity index (χ4n) is 4.66. The summed E-state index contributed by atoms with van der Waals surface area (Å²) in [6.07, 6.45) is 1.14. The van der Waals surface area contributed by atoms with Gasteiger partial charge in [0.15, 0.2) is 5.78 Å². The molecule has 1 aliphatic heterocycles. The molecule has 3 aromatic carbocycles. The molecule has 1 heterocycles. The maximum atomic E-state index is 13.6. The van der Waals surface area contributed by atoms with E-state index in [2.05, 4.69) is 10.6 Å². The number of rotatable bonds is 3. The average molecular weight is 431 g/mol. The zero-order chi connectivity index (χ0) is 21.4. The number of nitrogens with one attached hydrogen (secondary N) is 2. The van der Waals surface area contributed by atoms with E-state index in [4.69, 9.17) is 16.3 Å². The van der Waals surface area contributed by atoms with Crippen LogP contribution in [0.4, 0.5) is 11.4 Å². The predicted molar refractivity (Wildman–Crippen MR) is 125 cm³/mol. The van der Waals surface area contributed by atoms with Crippen LogP contribution in [0.15, 0.2) is 84.1 Å². The lowest BCUT2D eigenvalue weighted by atomic mass is 9.78. The molecule has 0 aromatic heterocycles. The number of carbonyl (C=O) groups excluding carboxylic acids is 1. The topological polar surface area (TPSA) is 50.4 Å². The van der Waals surface area contributed by atoms with Crippen molar-refractivity contribution in [3.63, 3.8) is 0 Å². The highest BCUT2D eigenvalue weighted by atomic mass is 35.5. The summed E-state index contributed by atoms with van der Waals surface area (Å²) >= 11 is 6.48. The lowest BCUT2D eigenvalue weighted by molar-refractivity contribution is -0.116. The lowest BCUT2D eigenvalue weighted by Crippen LogP contribution is -2.27. The minimum absolute atomic E-state index is 0.0380. The van der Waals surface area contributed by atoms with E-state index in [1.54, 1.807) is 7.11 Å². The molecule has 31 heavy (non-hydrogen) atoms. The number of Topliss-reactive ketones (excluding diaryl/α,β-unsaturated/α-hetero) is 1. The molecule has 2 N–H and O–H groups in total. The van der Waals surface area contributed by atoms with Crippen LogP contribution in [0, 0.1) is 0 Å². The van der Waals surface area contributed by atoms with Crippen LogP contribution in [0.25, 0.3) is 0 Å². The number of hydrogen-bond donors (Lipinski definition) is 2. The Balaban J connectivity index is 1.65. The Morgan fingerprint density at radius 2 is 1.55 bits per heavy atom. The van der Waals surface area contributed by atoms with Crippen molar-refractivity contribution in [1.82, 2.24) is 0 Å². The summed E-state index contributed by atoms with van der Waals surface area (Å²) in [6.45, 7) is 0. The minimum atomic E-state index is -0.304. The lowest BCUT2D eigenvalue weighted by Gasteiger charge is -2.30. The minimum Gasteiger partial charge on any atom is -0.496 e. The maximum absolute atomic E-state index is 13.6. The van der Waals surface area contributed by atoms with Gasteiger partial charge < -0.3 is 15.4 Å². The number of ketones is 1. The van der Waals surface area contributed by atoms with E-state index >= 15 is 0 Å². The molecule has 0 amide bonds. The molecule has 1 aliphatic carbocycles. The molecular weight excluding hydrogens is 408 g/mol. The van der Waals surface area contributed by atoms with Gasteiger partial charge in [0.2, 0.25) is 0 Å². The van der Waals surface area contributed by atoms with Crippen LogP contribution in [0.1, 0.15) is 35.9 Å². The molecule has 5 rings (SSSR count). The number of benzene rings is 3. The van der Waals surface area contributed by atoms with Crippen molar-refractivity contribution in [2.24, 2.45) is 0 Å². The standard InChI is InChI=1S/C26H23ClN2O2/c1-31-24-13-7-3-9-18(24)26-25-22(28-20-11-5-6-12-21(20)29-26)14-16(15-23(25)30)17-8-2-4-10-19(17)27/h2-13,16,26,28-29H,14-15H2,1H3. The van der Waals surface area contributed by atoms with Crippen molar-refractivity contribution in [3.8, 4) is 5.75 Å². The Morgan fingerprint density at radius 3 is 2.32 bits per heavy atom. The molecule has 4 nitrogen and oxygen atoms in total. The molecule has 5 heteroatoms. The van der Waals surface area contributed by atoms with E-state index < -0.39 is 0 Å². The molecule has 2 aliphatic rings. The van der Waals surface area contributed by atoms with Crippen molar-refractivity contribution in [3.05, 3.63) is 100 Å². The van der Waals surface area contributed by atoms with Gasteiger partial charge in [-0.05, 0) is 42.2 Å². The average Bonchev–Trinajstić information content (AvgIpc) is 2.96. The third-order valence-corrected chi connectivity index (χ3v) is 6.45. The number of allylic oxidation sites excluding steroid dienone is 1. The molecule has 2 atom stereocenters. The highest BCUT2D eigenvalue weighted by Crippen LogP contribution is 2.46. The molecule has 156 valence electrons. The van der Waals surface area contributed by atoms with Crippen molar-refractivity contribution in [2.75, 3.05) is 17.7 Å². The number of para-hydroxylation sites is 3. The molecule has 2 unspecified atom stereocenters. The molecule has 0 fully saturated rings. The number of anilines is 2. The van der Waals surface area contributed by atoms with Crippen LogP contribution in [-0.4, -0.2) is 12.9 Å². The molecule has 0 radical (unpaired) electrons. The monoisotopic (exact) mass is 430 g/mol. The fourth-order valence-corrected chi connectivity index (χ4v) is 4.95. The van der Waals surface area contributed by atoms with E-state index in [1.165, 1.54) is 0 Å². The van der Waals surface area contributed by atoms with Crippen LogP contribution in [-0.2, 0) is 4.79 Å². The van der Waals surface area contributed by atoms with Gasteiger partial charge in [-0.3, -0.25) is 4.79 Å². The zero-order valence-corrected chi connectivity index (χ0v) is 17.9. The maximum Gasteiger partial charge on any atom is 0.163 e. The second-order valence-electron chi connectivity index (χ2n) is 7.93. The summed E-state index contributed by atoms with van der Waals surface area (Å²) in [6, 6.07) is 23.4. The zero-order valence-electron chi connectivity index (χ0n) is 17.2. The summed E-state index contributed by atoms with van der Waals surface area (Å²) in [4.78, 5) is 13.6. The smallest absolute Gasteiger partial charge is 0.163 e. The number of ether oxygens (including phenoxy) is 1. The van der Waals surface area contributed by atoms with Gasteiger partial charge in [0.05, 0.1) is 24.5 Å². The van der Waals surface area contributed by atoms with Gasteiger partial charge in [0.1, 0.15) is 5.75 Å². The quantitative estimate of drug-likeness (QED) is 0.509. The normalized spacial score (nSPS) is 20.1. The molecule has 0 saturated carbocycles. The van der Waals surface area contributed by atoms with Gasteiger partial charge in [-0.15, -0.1) is 0 Å². The van der Waals surface area contributed by atoms with E-state index in [-0.39, 0.29) is 17.7 Å². The summed E-state index contributed by atoms with van der Waals surface area (Å²) in [5, 5.41) is 7.87. The second kappa shape index (κ2) is 8.12. The van der Waals surface area contributed by atoms with Gasteiger partial charge in [0, 0.05) is 28.3 Å². The first-order valence-electron chi connectivity index (χ1n) is 10.4. The SMILES string of the molecule is COc1ccccc1C1Nc2ccccc2NC2=C1C(=O)CC(c1ccccc1Cl)C2. The third kappa shape index (κ3) is 3.57. The second-order valence-corrected chi connectivity index (χ2v) is 8.34. The van der Waals surface area contributed by atoms with E-state index in [1.807, 2.05) is 72.8 Å². The van der Waals surface area contributed by atoms with Gasteiger partial charge in [0.25, 0.3) is 0 Å². The fraction of sp³-hybridized carbons (Fsp3) is 0.192. The van der Waals surface area contributed by atoms with Crippen LogP contribution in [0.3, 0.4) is 0 Å². The molecule has 3 aromatic rings. The predicted octanol–water partition coefficient (Wildman–Crippen LogP) is 6.33. The summed E-state index contributed by atoms with van der Waals surface area (Å²) in [7, 11) is 1.66.